The third-order valence-corrected chi connectivity index (χ3v) is 4.25. The van der Waals surface area contributed by atoms with Crippen molar-refractivity contribution >= 4 is 27.8 Å². The lowest BCUT2D eigenvalue weighted by atomic mass is 9.84. The largest absolute Gasteiger partial charge is 0.481 e. The summed E-state index contributed by atoms with van der Waals surface area (Å²) in [6.07, 6.45) is 2.85. The number of hydrogen-bond donors (Lipinski definition) is 2. The highest BCUT2D eigenvalue weighted by Crippen LogP contribution is 2.26. The minimum Gasteiger partial charge on any atom is -0.481 e. The summed E-state index contributed by atoms with van der Waals surface area (Å²) in [6, 6.07) is 3.83. The Morgan fingerprint density at radius 3 is 2.65 bits per heavy atom. The number of nitrogens with one attached hydrogen (secondary N) is 1. The lowest BCUT2D eigenvalue weighted by molar-refractivity contribution is -0.143. The van der Waals surface area contributed by atoms with E-state index in [0.717, 1.165) is 12.8 Å². The van der Waals surface area contributed by atoms with E-state index in [1.165, 1.54) is 12.1 Å². The average Bonchev–Trinajstić information content (AvgIpc) is 2.38. The van der Waals surface area contributed by atoms with E-state index in [2.05, 4.69) is 21.2 Å². The molecular weight excluding hydrogens is 329 g/mol. The number of halogens is 2. The second-order valence-corrected chi connectivity index (χ2v) is 5.76. The summed E-state index contributed by atoms with van der Waals surface area (Å²) in [7, 11) is 0. The quantitative estimate of drug-likeness (QED) is 0.886. The Labute approximate surface area is 124 Å². The molecule has 0 radical (unpaired) electrons. The Hall–Kier alpha value is -1.43. The van der Waals surface area contributed by atoms with Gasteiger partial charge in [0, 0.05) is 10.5 Å². The Morgan fingerprint density at radius 2 is 2.00 bits per heavy atom. The second-order valence-electron chi connectivity index (χ2n) is 4.91. The van der Waals surface area contributed by atoms with Crippen LogP contribution in [0.15, 0.2) is 22.7 Å². The summed E-state index contributed by atoms with van der Waals surface area (Å²) in [5, 5.41) is 11.8. The zero-order valence-corrected chi connectivity index (χ0v) is 12.3. The standard InChI is InChI=1S/C14H15BrFNO3/c15-9-5-3-6-10(16)12(9)13(18)17-11-7-2-1-4-8(11)14(19)20/h3,5-6,8,11H,1-2,4,7H2,(H,17,18)(H,19,20). The van der Waals surface area contributed by atoms with Crippen LogP contribution < -0.4 is 5.32 Å². The van der Waals surface area contributed by atoms with Crippen molar-refractivity contribution in [2.45, 2.75) is 31.7 Å². The van der Waals surface area contributed by atoms with Crippen LogP contribution in [0.1, 0.15) is 36.0 Å². The van der Waals surface area contributed by atoms with E-state index in [1.807, 2.05) is 0 Å². The third-order valence-electron chi connectivity index (χ3n) is 3.59. The normalized spacial score (nSPS) is 22.3. The first-order valence-electron chi connectivity index (χ1n) is 6.48. The molecule has 20 heavy (non-hydrogen) atoms. The molecule has 2 atom stereocenters. The number of carboxylic acid groups (broad SMARTS) is 1. The van der Waals surface area contributed by atoms with Crippen LogP contribution >= 0.6 is 15.9 Å². The number of carbonyl (C=O) groups excluding carboxylic acids is 1. The van der Waals surface area contributed by atoms with Crippen LogP contribution in [0.4, 0.5) is 4.39 Å². The Balaban J connectivity index is 2.16. The highest BCUT2D eigenvalue weighted by molar-refractivity contribution is 9.10. The molecule has 0 aromatic heterocycles. The summed E-state index contributed by atoms with van der Waals surface area (Å²) in [6.45, 7) is 0. The molecule has 1 aromatic carbocycles. The minimum absolute atomic E-state index is 0.0813. The lowest BCUT2D eigenvalue weighted by Gasteiger charge is -2.29. The van der Waals surface area contributed by atoms with Gasteiger partial charge < -0.3 is 10.4 Å². The molecule has 2 rings (SSSR count). The fourth-order valence-corrected chi connectivity index (χ4v) is 3.08. The van der Waals surface area contributed by atoms with Gasteiger partial charge >= 0.3 is 5.97 Å². The van der Waals surface area contributed by atoms with Crippen molar-refractivity contribution in [1.82, 2.24) is 5.32 Å². The van der Waals surface area contributed by atoms with Gasteiger partial charge in [0.2, 0.25) is 0 Å². The fraction of sp³-hybridized carbons (Fsp3) is 0.429. The zero-order chi connectivity index (χ0) is 14.7. The Morgan fingerprint density at radius 1 is 1.30 bits per heavy atom. The van der Waals surface area contributed by atoms with Gasteiger partial charge in [-0.1, -0.05) is 18.9 Å². The van der Waals surface area contributed by atoms with Gasteiger partial charge in [-0.15, -0.1) is 0 Å². The molecule has 6 heteroatoms. The van der Waals surface area contributed by atoms with Crippen molar-refractivity contribution in [2.75, 3.05) is 0 Å². The highest BCUT2D eigenvalue weighted by Gasteiger charge is 2.32. The molecular formula is C14H15BrFNO3. The molecule has 0 saturated heterocycles. The number of hydrogen-bond acceptors (Lipinski definition) is 2. The smallest absolute Gasteiger partial charge is 0.308 e. The maximum absolute atomic E-state index is 13.7. The second kappa shape index (κ2) is 6.35. The average molecular weight is 344 g/mol. The predicted molar refractivity (Wildman–Crippen MR) is 74.9 cm³/mol. The van der Waals surface area contributed by atoms with Gasteiger partial charge in [-0.05, 0) is 40.9 Å². The van der Waals surface area contributed by atoms with E-state index in [1.54, 1.807) is 6.07 Å². The van der Waals surface area contributed by atoms with Crippen LogP contribution in [-0.4, -0.2) is 23.0 Å². The van der Waals surface area contributed by atoms with Gasteiger partial charge in [-0.2, -0.15) is 0 Å². The maximum Gasteiger partial charge on any atom is 0.308 e. The molecule has 0 bridgehead atoms. The van der Waals surface area contributed by atoms with Crippen LogP contribution in [0, 0.1) is 11.7 Å². The summed E-state index contributed by atoms with van der Waals surface area (Å²) in [5.74, 6) is -2.71. The molecule has 0 heterocycles. The molecule has 108 valence electrons. The van der Waals surface area contributed by atoms with Gasteiger partial charge in [-0.3, -0.25) is 9.59 Å². The number of rotatable bonds is 3. The molecule has 4 nitrogen and oxygen atoms in total. The molecule has 2 unspecified atom stereocenters. The van der Waals surface area contributed by atoms with Gasteiger partial charge in [0.15, 0.2) is 0 Å². The van der Waals surface area contributed by atoms with Crippen LogP contribution in [0.2, 0.25) is 0 Å². The van der Waals surface area contributed by atoms with E-state index in [0.29, 0.717) is 17.3 Å². The number of benzene rings is 1. The van der Waals surface area contributed by atoms with Crippen LogP contribution in [0.25, 0.3) is 0 Å². The Bertz CT molecular complexity index is 515. The van der Waals surface area contributed by atoms with Crippen LogP contribution in [0.3, 0.4) is 0 Å². The van der Waals surface area contributed by atoms with E-state index >= 15 is 0 Å². The topological polar surface area (TPSA) is 66.4 Å². The minimum atomic E-state index is -0.914. The summed E-state index contributed by atoms with van der Waals surface area (Å²) >= 11 is 3.14. The van der Waals surface area contributed by atoms with Gasteiger partial charge in [-0.25, -0.2) is 4.39 Å². The fourth-order valence-electron chi connectivity index (χ4n) is 2.55. The molecule has 1 aromatic rings. The summed E-state index contributed by atoms with van der Waals surface area (Å²) < 4.78 is 14.1. The number of carbonyl (C=O) groups is 2. The molecule has 1 amide bonds. The van der Waals surface area contributed by atoms with E-state index in [4.69, 9.17) is 5.11 Å². The molecule has 1 fully saturated rings. The van der Waals surface area contributed by atoms with E-state index < -0.39 is 29.7 Å². The molecule has 1 aliphatic carbocycles. The summed E-state index contributed by atoms with van der Waals surface area (Å²) in [5.41, 5.74) is -0.0813. The first-order chi connectivity index (χ1) is 9.50. The van der Waals surface area contributed by atoms with Crippen molar-refractivity contribution in [3.8, 4) is 0 Å². The van der Waals surface area contributed by atoms with Crippen LogP contribution in [0.5, 0.6) is 0 Å². The molecule has 2 N–H and O–H groups in total. The monoisotopic (exact) mass is 343 g/mol. The van der Waals surface area contributed by atoms with Crippen LogP contribution in [-0.2, 0) is 4.79 Å². The van der Waals surface area contributed by atoms with Crippen molar-refractivity contribution in [1.29, 1.82) is 0 Å². The van der Waals surface area contributed by atoms with Crippen molar-refractivity contribution < 1.29 is 19.1 Å². The first kappa shape index (κ1) is 15.0. The highest BCUT2D eigenvalue weighted by atomic mass is 79.9. The Kier molecular flexibility index (Phi) is 4.75. The maximum atomic E-state index is 13.7. The van der Waals surface area contributed by atoms with Crippen molar-refractivity contribution in [3.63, 3.8) is 0 Å². The predicted octanol–water partition coefficient (Wildman–Crippen LogP) is 2.96. The molecule has 0 spiro atoms. The third kappa shape index (κ3) is 3.17. The molecule has 1 saturated carbocycles. The number of amides is 1. The first-order valence-corrected chi connectivity index (χ1v) is 7.27. The van der Waals surface area contributed by atoms with Gasteiger partial charge in [0.05, 0.1) is 11.5 Å². The number of aliphatic carboxylic acids is 1. The van der Waals surface area contributed by atoms with Crippen molar-refractivity contribution in [3.05, 3.63) is 34.1 Å². The number of carboxylic acids is 1. The lowest BCUT2D eigenvalue weighted by Crippen LogP contribution is -2.45. The zero-order valence-electron chi connectivity index (χ0n) is 10.7. The summed E-state index contributed by atoms with van der Waals surface area (Å²) in [4.78, 5) is 23.3. The van der Waals surface area contributed by atoms with Gasteiger partial charge in [0.25, 0.3) is 5.91 Å². The van der Waals surface area contributed by atoms with Crippen molar-refractivity contribution in [2.24, 2.45) is 5.92 Å². The molecule has 0 aliphatic heterocycles. The SMILES string of the molecule is O=C(NC1CCCCC1C(=O)O)c1c(F)cccc1Br. The van der Waals surface area contributed by atoms with E-state index in [9.17, 15) is 14.0 Å². The van der Waals surface area contributed by atoms with Gasteiger partial charge in [0.1, 0.15) is 5.82 Å². The molecule has 1 aliphatic rings. The van der Waals surface area contributed by atoms with E-state index in [-0.39, 0.29) is 5.56 Å².